The highest BCUT2D eigenvalue weighted by atomic mass is 16.5. The van der Waals surface area contributed by atoms with E-state index in [4.69, 9.17) is 13.9 Å². The molecule has 136 valence electrons. The van der Waals surface area contributed by atoms with Gasteiger partial charge in [-0.15, -0.1) is 0 Å². The monoisotopic (exact) mass is 352 g/mol. The summed E-state index contributed by atoms with van der Waals surface area (Å²) in [6.07, 6.45) is 2.51. The highest BCUT2D eigenvalue weighted by molar-refractivity contribution is 5.88. The van der Waals surface area contributed by atoms with E-state index in [1.54, 1.807) is 7.11 Å². The molecule has 2 aromatic carbocycles. The van der Waals surface area contributed by atoms with Gasteiger partial charge in [0.05, 0.1) is 7.11 Å². The van der Waals surface area contributed by atoms with Crippen molar-refractivity contribution in [3.8, 4) is 11.5 Å². The number of aryl methyl sites for hydroxylation is 2. The molecular weight excluding hydrogens is 328 g/mol. The maximum absolute atomic E-state index is 11.4. The Hall–Kier alpha value is -2.75. The summed E-state index contributed by atoms with van der Waals surface area (Å²) in [6, 6.07) is 11.7. The fourth-order valence-corrected chi connectivity index (χ4v) is 3.30. The van der Waals surface area contributed by atoms with Crippen LogP contribution in [-0.2, 0) is 17.6 Å². The second-order valence-corrected chi connectivity index (χ2v) is 6.43. The van der Waals surface area contributed by atoms with Crippen molar-refractivity contribution in [2.75, 3.05) is 7.11 Å². The molecular formula is C22H24O4. The van der Waals surface area contributed by atoms with E-state index in [0.29, 0.717) is 12.2 Å². The summed E-state index contributed by atoms with van der Waals surface area (Å²) >= 11 is 0. The number of hydrogen-bond donors (Lipinski definition) is 0. The molecule has 3 aromatic rings. The molecule has 1 heterocycles. The molecule has 4 heteroatoms. The number of rotatable bonds is 6. The predicted molar refractivity (Wildman–Crippen MR) is 102 cm³/mol. The Morgan fingerprint density at radius 3 is 2.46 bits per heavy atom. The van der Waals surface area contributed by atoms with E-state index in [9.17, 15) is 4.79 Å². The van der Waals surface area contributed by atoms with Crippen LogP contribution in [0, 0.1) is 6.92 Å². The lowest BCUT2D eigenvalue weighted by molar-refractivity contribution is -0.131. The van der Waals surface area contributed by atoms with E-state index < -0.39 is 0 Å². The second kappa shape index (κ2) is 7.65. The van der Waals surface area contributed by atoms with Crippen LogP contribution in [0.4, 0.5) is 0 Å². The van der Waals surface area contributed by atoms with Crippen LogP contribution in [0.25, 0.3) is 11.0 Å². The summed E-state index contributed by atoms with van der Waals surface area (Å²) in [4.78, 5) is 11.4. The molecule has 26 heavy (non-hydrogen) atoms. The molecule has 0 aliphatic rings. The van der Waals surface area contributed by atoms with E-state index >= 15 is 0 Å². The Labute approximate surface area is 153 Å². The van der Waals surface area contributed by atoms with Crippen molar-refractivity contribution in [1.29, 1.82) is 0 Å². The van der Waals surface area contributed by atoms with Crippen LogP contribution in [0.1, 0.15) is 42.7 Å². The van der Waals surface area contributed by atoms with Gasteiger partial charge in [-0.2, -0.15) is 0 Å². The molecule has 0 saturated heterocycles. The van der Waals surface area contributed by atoms with Crippen molar-refractivity contribution in [3.63, 3.8) is 0 Å². The summed E-state index contributed by atoms with van der Waals surface area (Å²) in [6.45, 7) is 5.61. The molecule has 4 nitrogen and oxygen atoms in total. The third kappa shape index (κ3) is 3.59. The molecule has 0 unspecified atom stereocenters. The van der Waals surface area contributed by atoms with Crippen molar-refractivity contribution < 1.29 is 18.7 Å². The minimum Gasteiger partial charge on any atom is -0.497 e. The summed E-state index contributed by atoms with van der Waals surface area (Å²) in [5, 5.41) is 1.06. The van der Waals surface area contributed by atoms with E-state index in [0.717, 1.165) is 52.0 Å². The molecule has 0 bridgehead atoms. The number of esters is 1. The van der Waals surface area contributed by atoms with Crippen LogP contribution < -0.4 is 9.47 Å². The molecule has 0 atom stereocenters. The smallest absolute Gasteiger partial charge is 0.308 e. The van der Waals surface area contributed by atoms with Gasteiger partial charge >= 0.3 is 5.97 Å². The summed E-state index contributed by atoms with van der Waals surface area (Å²) in [7, 11) is 1.66. The Morgan fingerprint density at radius 1 is 1.12 bits per heavy atom. The van der Waals surface area contributed by atoms with Crippen LogP contribution in [0.2, 0.25) is 0 Å². The van der Waals surface area contributed by atoms with Crippen molar-refractivity contribution in [1.82, 2.24) is 0 Å². The molecule has 0 spiro atoms. The molecule has 0 aliphatic carbocycles. The average Bonchev–Trinajstić information content (AvgIpc) is 2.93. The maximum atomic E-state index is 11.4. The number of methoxy groups -OCH3 is 1. The molecule has 1 aromatic heterocycles. The van der Waals surface area contributed by atoms with Crippen LogP contribution in [-0.4, -0.2) is 13.1 Å². The van der Waals surface area contributed by atoms with Gasteiger partial charge in [-0.3, -0.25) is 4.79 Å². The standard InChI is InChI=1S/C22H24O4/c1-5-6-18-19(25-15(3)23)11-12-20-22(18)14(2)21(26-20)13-16-7-9-17(24-4)10-8-16/h7-12H,5-6,13H2,1-4H3. The van der Waals surface area contributed by atoms with Gasteiger partial charge in [-0.1, -0.05) is 25.5 Å². The fraction of sp³-hybridized carbons (Fsp3) is 0.318. The zero-order chi connectivity index (χ0) is 18.7. The van der Waals surface area contributed by atoms with Gasteiger partial charge in [0, 0.05) is 24.3 Å². The highest BCUT2D eigenvalue weighted by Crippen LogP contribution is 2.36. The number of furan rings is 1. The zero-order valence-electron chi connectivity index (χ0n) is 15.7. The maximum Gasteiger partial charge on any atom is 0.308 e. The largest absolute Gasteiger partial charge is 0.497 e. The van der Waals surface area contributed by atoms with Gasteiger partial charge in [0.1, 0.15) is 22.8 Å². The van der Waals surface area contributed by atoms with Gasteiger partial charge in [-0.05, 0) is 48.7 Å². The van der Waals surface area contributed by atoms with Crippen molar-refractivity contribution >= 4 is 16.9 Å². The molecule has 0 aliphatic heterocycles. The SMILES string of the molecule is CCCc1c(OC(C)=O)ccc2oc(Cc3ccc(OC)cc3)c(C)c12. The Morgan fingerprint density at radius 2 is 1.85 bits per heavy atom. The van der Waals surface area contributed by atoms with Gasteiger partial charge in [0.15, 0.2) is 0 Å². The van der Waals surface area contributed by atoms with Crippen LogP contribution in [0.5, 0.6) is 11.5 Å². The molecule has 0 fully saturated rings. The minimum atomic E-state index is -0.304. The summed E-state index contributed by atoms with van der Waals surface area (Å²) < 4.78 is 16.8. The molecule has 0 saturated carbocycles. The van der Waals surface area contributed by atoms with Gasteiger partial charge in [0.2, 0.25) is 0 Å². The first-order valence-electron chi connectivity index (χ1n) is 8.88. The number of hydrogen-bond acceptors (Lipinski definition) is 4. The lowest BCUT2D eigenvalue weighted by atomic mass is 9.99. The number of fused-ring (bicyclic) bond motifs is 1. The van der Waals surface area contributed by atoms with Gasteiger partial charge < -0.3 is 13.9 Å². The first-order valence-corrected chi connectivity index (χ1v) is 8.88. The average molecular weight is 352 g/mol. The molecule has 0 radical (unpaired) electrons. The third-order valence-corrected chi connectivity index (χ3v) is 4.54. The van der Waals surface area contributed by atoms with E-state index in [2.05, 4.69) is 13.8 Å². The number of ether oxygens (including phenoxy) is 2. The van der Waals surface area contributed by atoms with Crippen LogP contribution >= 0.6 is 0 Å². The second-order valence-electron chi connectivity index (χ2n) is 6.43. The molecule has 3 rings (SSSR count). The Bertz CT molecular complexity index is 919. The zero-order valence-corrected chi connectivity index (χ0v) is 15.7. The number of carbonyl (C=O) groups excluding carboxylic acids is 1. The lowest BCUT2D eigenvalue weighted by Gasteiger charge is -2.09. The van der Waals surface area contributed by atoms with E-state index in [1.165, 1.54) is 6.92 Å². The summed E-state index contributed by atoms with van der Waals surface area (Å²) in [5.41, 5.74) is 4.14. The third-order valence-electron chi connectivity index (χ3n) is 4.54. The van der Waals surface area contributed by atoms with E-state index in [1.807, 2.05) is 36.4 Å². The minimum absolute atomic E-state index is 0.304. The van der Waals surface area contributed by atoms with Gasteiger partial charge in [0.25, 0.3) is 0 Å². The Kier molecular flexibility index (Phi) is 5.31. The summed E-state index contributed by atoms with van der Waals surface area (Å²) in [5.74, 6) is 2.10. The van der Waals surface area contributed by atoms with Crippen molar-refractivity contribution in [2.45, 2.75) is 40.0 Å². The van der Waals surface area contributed by atoms with Crippen molar-refractivity contribution in [3.05, 3.63) is 58.8 Å². The normalized spacial score (nSPS) is 10.9. The Balaban J connectivity index is 2.03. The van der Waals surface area contributed by atoms with Crippen LogP contribution in [0.15, 0.2) is 40.8 Å². The molecule has 0 N–H and O–H groups in total. The van der Waals surface area contributed by atoms with E-state index in [-0.39, 0.29) is 5.97 Å². The number of benzene rings is 2. The lowest BCUT2D eigenvalue weighted by Crippen LogP contribution is -2.04. The van der Waals surface area contributed by atoms with Crippen LogP contribution in [0.3, 0.4) is 0 Å². The first-order chi connectivity index (χ1) is 12.5. The highest BCUT2D eigenvalue weighted by Gasteiger charge is 2.18. The topological polar surface area (TPSA) is 48.7 Å². The quantitative estimate of drug-likeness (QED) is 0.451. The fourth-order valence-electron chi connectivity index (χ4n) is 3.30. The molecule has 0 amide bonds. The van der Waals surface area contributed by atoms with Crippen molar-refractivity contribution in [2.24, 2.45) is 0 Å². The first kappa shape index (κ1) is 18.1. The predicted octanol–water partition coefficient (Wildman–Crippen LogP) is 5.22. The van der Waals surface area contributed by atoms with Gasteiger partial charge in [-0.25, -0.2) is 0 Å². The number of carbonyl (C=O) groups is 1.